The number of ether oxygens (including phenoxy) is 1. The lowest BCUT2D eigenvalue weighted by atomic mass is 10.0. The van der Waals surface area contributed by atoms with E-state index in [-0.39, 0.29) is 5.88 Å². The topological polar surface area (TPSA) is 53.9 Å². The highest BCUT2D eigenvalue weighted by Crippen LogP contribution is 2.31. The number of nitrogens with zero attached hydrogens (tertiary/aromatic N) is 1. The van der Waals surface area contributed by atoms with Gasteiger partial charge in [-0.05, 0) is 12.5 Å². The molecule has 1 unspecified atom stereocenters. The number of aliphatic hydroxyl groups is 1. The minimum Gasteiger partial charge on any atom is -0.493 e. The van der Waals surface area contributed by atoms with Gasteiger partial charge in [0.15, 0.2) is 0 Å². The van der Waals surface area contributed by atoms with Gasteiger partial charge < -0.3 is 9.84 Å². The van der Waals surface area contributed by atoms with Crippen molar-refractivity contribution in [2.75, 3.05) is 0 Å². The Morgan fingerprint density at radius 2 is 1.75 bits per heavy atom. The first-order valence-corrected chi connectivity index (χ1v) is 7.79. The maximum absolute atomic E-state index is 10.1. The van der Waals surface area contributed by atoms with Crippen molar-refractivity contribution in [3.05, 3.63) is 95.9 Å². The molecule has 3 rings (SSSR count). The van der Waals surface area contributed by atoms with Crippen LogP contribution in [0.2, 0.25) is 0 Å². The molecule has 0 radical (unpaired) electrons. The van der Waals surface area contributed by atoms with Crippen LogP contribution in [-0.2, 0) is 17.0 Å². The first-order chi connectivity index (χ1) is 11.6. The summed E-state index contributed by atoms with van der Waals surface area (Å²) in [7, 11) is 0. The molecule has 4 nitrogen and oxygen atoms in total. The fourth-order valence-corrected chi connectivity index (χ4v) is 2.55. The van der Waals surface area contributed by atoms with Crippen LogP contribution in [0.4, 0.5) is 0 Å². The van der Waals surface area contributed by atoms with E-state index in [1.54, 1.807) is 13.0 Å². The molecule has 1 atom stereocenters. The Bertz CT molecular complexity index is 782. The van der Waals surface area contributed by atoms with Crippen molar-refractivity contribution >= 4 is 5.90 Å². The molecule has 1 aliphatic heterocycles. The Morgan fingerprint density at radius 3 is 2.38 bits per heavy atom. The average molecular weight is 320 g/mol. The maximum atomic E-state index is 10.1. The summed E-state index contributed by atoms with van der Waals surface area (Å²) in [4.78, 5) is 4.03. The molecule has 24 heavy (non-hydrogen) atoms. The molecule has 1 aliphatic rings. The monoisotopic (exact) mass is 320 g/mol. The second kappa shape index (κ2) is 6.72. The van der Waals surface area contributed by atoms with Crippen molar-refractivity contribution in [2.24, 2.45) is 4.99 Å². The van der Waals surface area contributed by atoms with Crippen LogP contribution in [-0.4, -0.2) is 11.0 Å². The zero-order valence-corrected chi connectivity index (χ0v) is 13.6. The zero-order chi connectivity index (χ0) is 17.0. The van der Waals surface area contributed by atoms with Crippen molar-refractivity contribution in [3.63, 3.8) is 0 Å². The van der Waals surface area contributed by atoms with Gasteiger partial charge in [-0.1, -0.05) is 67.2 Å². The Labute approximate surface area is 141 Å². The molecule has 0 amide bonds. The van der Waals surface area contributed by atoms with Gasteiger partial charge in [0.25, 0.3) is 0 Å². The minimum absolute atomic E-state index is 0.0938. The Morgan fingerprint density at radius 1 is 1.12 bits per heavy atom. The van der Waals surface area contributed by atoms with Crippen molar-refractivity contribution in [3.8, 4) is 0 Å². The van der Waals surface area contributed by atoms with Gasteiger partial charge in [-0.2, -0.15) is 4.99 Å². The van der Waals surface area contributed by atoms with E-state index in [1.165, 1.54) is 0 Å². The quantitative estimate of drug-likeness (QED) is 0.874. The first kappa shape index (κ1) is 16.0. The standard InChI is InChI=1S/C20H20N2O2/c1-15(2)19-22-18(23)13-20(24-19,17-11-7-4-8-12-17)21-14-16-9-5-3-6-10-16/h3-13,21,23H,1,14H2,2H3. The summed E-state index contributed by atoms with van der Waals surface area (Å²) in [6, 6.07) is 19.7. The summed E-state index contributed by atoms with van der Waals surface area (Å²) < 4.78 is 6.12. The van der Waals surface area contributed by atoms with Gasteiger partial charge in [0.1, 0.15) is 0 Å². The van der Waals surface area contributed by atoms with Gasteiger partial charge in [0, 0.05) is 23.8 Å². The van der Waals surface area contributed by atoms with Crippen LogP contribution in [0.5, 0.6) is 0 Å². The van der Waals surface area contributed by atoms with Gasteiger partial charge in [0.05, 0.1) is 0 Å². The number of aliphatic hydroxyl groups excluding tert-OH is 1. The summed E-state index contributed by atoms with van der Waals surface area (Å²) in [5, 5.41) is 13.5. The van der Waals surface area contributed by atoms with Gasteiger partial charge in [-0.25, -0.2) is 0 Å². The highest BCUT2D eigenvalue weighted by molar-refractivity contribution is 5.93. The molecule has 0 aliphatic carbocycles. The molecule has 4 heteroatoms. The van der Waals surface area contributed by atoms with Crippen LogP contribution in [0.3, 0.4) is 0 Å². The third-order valence-corrected chi connectivity index (χ3v) is 3.77. The molecular weight excluding hydrogens is 300 g/mol. The first-order valence-electron chi connectivity index (χ1n) is 7.79. The summed E-state index contributed by atoms with van der Waals surface area (Å²) in [6.45, 7) is 6.24. The van der Waals surface area contributed by atoms with Crippen LogP contribution in [0.25, 0.3) is 0 Å². The van der Waals surface area contributed by atoms with E-state index < -0.39 is 5.72 Å². The molecular formula is C20H20N2O2. The summed E-state index contributed by atoms with van der Waals surface area (Å²) in [6.07, 6.45) is 1.58. The van der Waals surface area contributed by atoms with Gasteiger partial charge >= 0.3 is 0 Å². The van der Waals surface area contributed by atoms with E-state index in [9.17, 15) is 5.11 Å². The van der Waals surface area contributed by atoms with Crippen molar-refractivity contribution in [1.29, 1.82) is 0 Å². The number of rotatable bonds is 5. The summed E-state index contributed by atoms with van der Waals surface area (Å²) in [5.74, 6) is 0.225. The van der Waals surface area contributed by atoms with Crippen molar-refractivity contribution in [2.45, 2.75) is 19.2 Å². The number of hydrogen-bond acceptors (Lipinski definition) is 4. The molecule has 0 spiro atoms. The number of hydrogen-bond donors (Lipinski definition) is 2. The SMILES string of the molecule is C=C(C)C1=NC(O)=CC(NCc2ccccc2)(c2ccccc2)O1. The van der Waals surface area contributed by atoms with E-state index in [1.807, 2.05) is 60.7 Å². The normalized spacial score (nSPS) is 19.9. The molecule has 2 aromatic carbocycles. The Kier molecular flexibility index (Phi) is 4.49. The van der Waals surface area contributed by atoms with Crippen LogP contribution >= 0.6 is 0 Å². The van der Waals surface area contributed by atoms with E-state index in [2.05, 4.69) is 16.9 Å². The highest BCUT2D eigenvalue weighted by atomic mass is 16.5. The third kappa shape index (κ3) is 3.39. The van der Waals surface area contributed by atoms with E-state index >= 15 is 0 Å². The molecule has 0 bridgehead atoms. The fraction of sp³-hybridized carbons (Fsp3) is 0.150. The second-order valence-electron chi connectivity index (χ2n) is 5.74. The molecule has 0 saturated carbocycles. The van der Waals surface area contributed by atoms with E-state index in [0.717, 1.165) is 11.1 Å². The molecule has 0 fully saturated rings. The number of aliphatic imine (C=N–C) groups is 1. The lowest BCUT2D eigenvalue weighted by Crippen LogP contribution is -2.46. The number of benzene rings is 2. The summed E-state index contributed by atoms with van der Waals surface area (Å²) >= 11 is 0. The molecule has 0 aromatic heterocycles. The lowest BCUT2D eigenvalue weighted by molar-refractivity contribution is 0.0541. The van der Waals surface area contributed by atoms with Crippen LogP contribution in [0, 0.1) is 0 Å². The highest BCUT2D eigenvalue weighted by Gasteiger charge is 2.37. The van der Waals surface area contributed by atoms with E-state index in [0.29, 0.717) is 18.0 Å². The zero-order valence-electron chi connectivity index (χ0n) is 13.6. The molecule has 0 saturated heterocycles. The maximum Gasteiger partial charge on any atom is 0.221 e. The minimum atomic E-state index is -1.00. The predicted molar refractivity (Wildman–Crippen MR) is 95.4 cm³/mol. The molecule has 1 heterocycles. The smallest absolute Gasteiger partial charge is 0.221 e. The predicted octanol–water partition coefficient (Wildman–Crippen LogP) is 4.03. The fourth-order valence-electron chi connectivity index (χ4n) is 2.55. The van der Waals surface area contributed by atoms with Crippen molar-refractivity contribution in [1.82, 2.24) is 5.32 Å². The van der Waals surface area contributed by atoms with Gasteiger partial charge in [0.2, 0.25) is 17.5 Å². The molecule has 2 N–H and O–H groups in total. The molecule has 122 valence electrons. The van der Waals surface area contributed by atoms with Gasteiger partial charge in [-0.3, -0.25) is 5.32 Å². The van der Waals surface area contributed by atoms with Crippen LogP contribution < -0.4 is 5.32 Å². The third-order valence-electron chi connectivity index (χ3n) is 3.77. The average Bonchev–Trinajstić information content (AvgIpc) is 2.61. The number of nitrogens with one attached hydrogen (secondary N) is 1. The van der Waals surface area contributed by atoms with Crippen LogP contribution in [0.15, 0.2) is 89.8 Å². The lowest BCUT2D eigenvalue weighted by Gasteiger charge is -2.35. The Hall–Kier alpha value is -2.85. The second-order valence-corrected chi connectivity index (χ2v) is 5.74. The van der Waals surface area contributed by atoms with Gasteiger partial charge in [-0.15, -0.1) is 0 Å². The van der Waals surface area contributed by atoms with E-state index in [4.69, 9.17) is 4.74 Å². The van der Waals surface area contributed by atoms with Crippen molar-refractivity contribution < 1.29 is 9.84 Å². The summed E-state index contributed by atoms with van der Waals surface area (Å²) in [5.41, 5.74) is 1.64. The van der Waals surface area contributed by atoms with Crippen LogP contribution in [0.1, 0.15) is 18.1 Å². The molecule has 2 aromatic rings. The largest absolute Gasteiger partial charge is 0.493 e. The Balaban J connectivity index is 1.97.